The number of carbonyl (C=O) groups excluding carboxylic acids is 2. The number of benzene rings is 1. The van der Waals surface area contributed by atoms with Crippen molar-refractivity contribution >= 4 is 11.9 Å². The smallest absolute Gasteiger partial charge is 0.333 e. The summed E-state index contributed by atoms with van der Waals surface area (Å²) in [5.74, 6) is -0.662. The van der Waals surface area contributed by atoms with E-state index in [4.69, 9.17) is 0 Å². The molecule has 2 rings (SSSR count). The lowest BCUT2D eigenvalue weighted by Crippen LogP contribution is -2.52. The van der Waals surface area contributed by atoms with E-state index in [2.05, 4.69) is 16.2 Å². The minimum absolute atomic E-state index is 0.302. The molecule has 0 heterocycles. The van der Waals surface area contributed by atoms with Gasteiger partial charge in [-0.1, -0.05) is 25.0 Å². The molecular weight excluding hydrogens is 261 g/mol. The Morgan fingerprint density at radius 2 is 1.90 bits per heavy atom. The maximum atomic E-state index is 13.4. The highest BCUT2D eigenvalue weighted by atomic mass is 19.1. The van der Waals surface area contributed by atoms with Gasteiger partial charge in [-0.05, 0) is 30.5 Å². The van der Waals surface area contributed by atoms with E-state index < -0.39 is 11.4 Å². The largest absolute Gasteiger partial charge is 0.340 e. The summed E-state index contributed by atoms with van der Waals surface area (Å²) in [7, 11) is 1.46. The summed E-state index contributed by atoms with van der Waals surface area (Å²) in [6, 6.07) is 5.61. The van der Waals surface area contributed by atoms with Crippen LogP contribution in [0.2, 0.25) is 0 Å². The molecule has 1 aromatic carbocycles. The van der Waals surface area contributed by atoms with Crippen LogP contribution in [0.25, 0.3) is 0 Å². The summed E-state index contributed by atoms with van der Waals surface area (Å²) in [5, 5.41) is 2.35. The molecule has 0 spiro atoms. The maximum absolute atomic E-state index is 13.4. The molecule has 0 atom stereocenters. The number of urea groups is 1. The molecule has 0 aliphatic heterocycles. The lowest BCUT2D eigenvalue weighted by atomic mass is 9.78. The van der Waals surface area contributed by atoms with Crippen LogP contribution in [-0.2, 0) is 10.2 Å². The van der Waals surface area contributed by atoms with Crippen molar-refractivity contribution in [2.75, 3.05) is 7.05 Å². The van der Waals surface area contributed by atoms with Gasteiger partial charge in [0.15, 0.2) is 0 Å². The van der Waals surface area contributed by atoms with Crippen LogP contribution in [0.15, 0.2) is 24.3 Å². The molecule has 108 valence electrons. The van der Waals surface area contributed by atoms with Gasteiger partial charge in [-0.2, -0.15) is 0 Å². The number of nitrogens with one attached hydrogen (secondary N) is 3. The molecule has 6 heteroatoms. The Hall–Kier alpha value is -2.11. The predicted octanol–water partition coefficient (Wildman–Crippen LogP) is 1.60. The van der Waals surface area contributed by atoms with Crippen LogP contribution in [-0.4, -0.2) is 19.0 Å². The first-order valence-corrected chi connectivity index (χ1v) is 6.63. The monoisotopic (exact) mass is 279 g/mol. The summed E-state index contributed by atoms with van der Waals surface area (Å²) in [5.41, 5.74) is 4.58. The van der Waals surface area contributed by atoms with Gasteiger partial charge in [0, 0.05) is 7.05 Å². The first-order valence-electron chi connectivity index (χ1n) is 6.63. The zero-order valence-electron chi connectivity index (χ0n) is 11.3. The average Bonchev–Trinajstić information content (AvgIpc) is 2.95. The van der Waals surface area contributed by atoms with Crippen molar-refractivity contribution in [2.24, 2.45) is 0 Å². The molecule has 1 fully saturated rings. The molecule has 20 heavy (non-hydrogen) atoms. The quantitative estimate of drug-likeness (QED) is 0.720. The van der Waals surface area contributed by atoms with E-state index in [9.17, 15) is 14.0 Å². The topological polar surface area (TPSA) is 70.2 Å². The van der Waals surface area contributed by atoms with Gasteiger partial charge < -0.3 is 5.32 Å². The van der Waals surface area contributed by atoms with Gasteiger partial charge in [0.25, 0.3) is 0 Å². The summed E-state index contributed by atoms with van der Waals surface area (Å²) >= 11 is 0. The molecule has 3 N–H and O–H groups in total. The molecule has 1 aliphatic rings. The van der Waals surface area contributed by atoms with Crippen LogP contribution < -0.4 is 16.2 Å². The highest BCUT2D eigenvalue weighted by Crippen LogP contribution is 2.41. The van der Waals surface area contributed by atoms with E-state index in [1.807, 2.05) is 0 Å². The van der Waals surface area contributed by atoms with Crippen LogP contribution in [0.3, 0.4) is 0 Å². The average molecular weight is 279 g/mol. The minimum Gasteiger partial charge on any atom is -0.340 e. The lowest BCUT2D eigenvalue weighted by molar-refractivity contribution is -0.127. The number of carbonyl (C=O) groups is 2. The Kier molecular flexibility index (Phi) is 4.22. The number of hydrogen-bond donors (Lipinski definition) is 3. The van der Waals surface area contributed by atoms with Gasteiger partial charge in [-0.3, -0.25) is 10.2 Å². The van der Waals surface area contributed by atoms with Crippen molar-refractivity contribution in [3.63, 3.8) is 0 Å². The Labute approximate surface area is 116 Å². The van der Waals surface area contributed by atoms with E-state index in [-0.39, 0.29) is 11.7 Å². The second-order valence-electron chi connectivity index (χ2n) is 4.96. The molecule has 3 amide bonds. The van der Waals surface area contributed by atoms with Gasteiger partial charge in [0.05, 0.1) is 5.41 Å². The first kappa shape index (κ1) is 14.3. The summed E-state index contributed by atoms with van der Waals surface area (Å²) in [6.45, 7) is 0. The number of amides is 3. The molecule has 1 saturated carbocycles. The van der Waals surface area contributed by atoms with Crippen LogP contribution in [0, 0.1) is 5.82 Å². The van der Waals surface area contributed by atoms with Crippen molar-refractivity contribution in [1.82, 2.24) is 16.2 Å². The number of hydrazine groups is 1. The lowest BCUT2D eigenvalue weighted by Gasteiger charge is -2.28. The van der Waals surface area contributed by atoms with E-state index in [1.165, 1.54) is 19.2 Å². The van der Waals surface area contributed by atoms with Gasteiger partial charge in [0.2, 0.25) is 5.91 Å². The normalized spacial score (nSPS) is 16.5. The van der Waals surface area contributed by atoms with Crippen LogP contribution in [0.4, 0.5) is 9.18 Å². The third kappa shape index (κ3) is 2.74. The molecule has 5 nitrogen and oxygen atoms in total. The zero-order valence-corrected chi connectivity index (χ0v) is 11.3. The standard InChI is InChI=1S/C14H18FN3O2/c1-16-13(20)18-17-12(19)14(7-2-3-8-14)10-5-4-6-11(15)9-10/h4-6,9H,2-3,7-8H2,1H3,(H,17,19)(H2,16,18,20). The minimum atomic E-state index is -0.761. The van der Waals surface area contributed by atoms with Crippen molar-refractivity contribution in [3.05, 3.63) is 35.6 Å². The fraction of sp³-hybridized carbons (Fsp3) is 0.429. The fourth-order valence-electron chi connectivity index (χ4n) is 2.71. The molecule has 0 radical (unpaired) electrons. The highest BCUT2D eigenvalue weighted by molar-refractivity contribution is 5.90. The van der Waals surface area contributed by atoms with Gasteiger partial charge in [-0.25, -0.2) is 14.6 Å². The van der Waals surface area contributed by atoms with Crippen molar-refractivity contribution in [3.8, 4) is 0 Å². The zero-order chi connectivity index (χ0) is 14.6. The highest BCUT2D eigenvalue weighted by Gasteiger charge is 2.43. The van der Waals surface area contributed by atoms with Gasteiger partial charge >= 0.3 is 6.03 Å². The Morgan fingerprint density at radius 1 is 1.20 bits per heavy atom. The van der Waals surface area contributed by atoms with Crippen molar-refractivity contribution in [1.29, 1.82) is 0 Å². The van der Waals surface area contributed by atoms with E-state index in [0.717, 1.165) is 12.8 Å². The van der Waals surface area contributed by atoms with Crippen molar-refractivity contribution in [2.45, 2.75) is 31.1 Å². The third-order valence-corrected chi connectivity index (χ3v) is 3.79. The number of rotatable bonds is 2. The second-order valence-corrected chi connectivity index (χ2v) is 4.96. The molecule has 0 saturated heterocycles. The molecule has 0 bridgehead atoms. The fourth-order valence-corrected chi connectivity index (χ4v) is 2.71. The first-order chi connectivity index (χ1) is 9.58. The van der Waals surface area contributed by atoms with Crippen LogP contribution in [0.1, 0.15) is 31.2 Å². The Balaban J connectivity index is 2.21. The summed E-state index contributed by atoms with van der Waals surface area (Å²) < 4.78 is 13.4. The van der Waals surface area contributed by atoms with Gasteiger partial charge in [-0.15, -0.1) is 0 Å². The molecule has 1 aliphatic carbocycles. The summed E-state index contributed by atoms with van der Waals surface area (Å²) in [4.78, 5) is 23.6. The predicted molar refractivity (Wildman–Crippen MR) is 72.3 cm³/mol. The van der Waals surface area contributed by atoms with Gasteiger partial charge in [0.1, 0.15) is 5.82 Å². The van der Waals surface area contributed by atoms with E-state index >= 15 is 0 Å². The molecule has 1 aromatic rings. The number of hydrogen-bond acceptors (Lipinski definition) is 2. The number of halogens is 1. The van der Waals surface area contributed by atoms with E-state index in [0.29, 0.717) is 18.4 Å². The molecular formula is C14H18FN3O2. The maximum Gasteiger partial charge on any atom is 0.333 e. The van der Waals surface area contributed by atoms with Crippen LogP contribution >= 0.6 is 0 Å². The van der Waals surface area contributed by atoms with Crippen LogP contribution in [0.5, 0.6) is 0 Å². The molecule has 0 unspecified atom stereocenters. The Morgan fingerprint density at radius 3 is 2.50 bits per heavy atom. The van der Waals surface area contributed by atoms with E-state index in [1.54, 1.807) is 12.1 Å². The summed E-state index contributed by atoms with van der Waals surface area (Å²) in [6.07, 6.45) is 3.11. The second kappa shape index (κ2) is 5.90. The molecule has 0 aromatic heterocycles. The Bertz CT molecular complexity index is 513. The SMILES string of the molecule is CNC(=O)NNC(=O)C1(c2cccc(F)c2)CCCC1. The third-order valence-electron chi connectivity index (χ3n) is 3.79. The van der Waals surface area contributed by atoms with Crippen molar-refractivity contribution < 1.29 is 14.0 Å².